The minimum atomic E-state index is -0.479. The van der Waals surface area contributed by atoms with Gasteiger partial charge >= 0.3 is 0 Å². The Balaban J connectivity index is 2.37. The van der Waals surface area contributed by atoms with Gasteiger partial charge in [0.2, 0.25) is 0 Å². The number of hydrogen-bond donors (Lipinski definition) is 2. The van der Waals surface area contributed by atoms with Gasteiger partial charge in [0, 0.05) is 5.02 Å². The second kappa shape index (κ2) is 5.22. The number of nitrogens with two attached hydrogens (primary N) is 1. The lowest BCUT2D eigenvalue weighted by Gasteiger charge is -2.11. The van der Waals surface area contributed by atoms with E-state index < -0.39 is 5.82 Å². The molecular weight excluding hydrogens is 298 g/mol. The monoisotopic (exact) mass is 304 g/mol. The summed E-state index contributed by atoms with van der Waals surface area (Å²) >= 11 is 17.4. The van der Waals surface area contributed by atoms with Gasteiger partial charge in [-0.1, -0.05) is 34.8 Å². The van der Waals surface area contributed by atoms with Crippen LogP contribution in [0.3, 0.4) is 0 Å². The average Bonchev–Trinajstić information content (AvgIpc) is 2.29. The Bertz CT molecular complexity index is 602. The van der Waals surface area contributed by atoms with Crippen molar-refractivity contribution in [2.75, 3.05) is 11.1 Å². The first-order valence-corrected chi connectivity index (χ1v) is 6.07. The summed E-state index contributed by atoms with van der Waals surface area (Å²) in [6.07, 6.45) is 0. The minimum absolute atomic E-state index is 0.254. The highest BCUT2D eigenvalue weighted by Gasteiger charge is 2.08. The summed E-state index contributed by atoms with van der Waals surface area (Å²) in [6, 6.07) is 7.32. The van der Waals surface area contributed by atoms with Gasteiger partial charge in [-0.05, 0) is 30.3 Å². The van der Waals surface area contributed by atoms with Crippen molar-refractivity contribution in [2.45, 2.75) is 0 Å². The maximum atomic E-state index is 13.6. The Morgan fingerprint density at radius 2 is 1.61 bits per heavy atom. The van der Waals surface area contributed by atoms with E-state index in [1.54, 1.807) is 6.07 Å². The maximum Gasteiger partial charge on any atom is 0.148 e. The molecule has 0 heterocycles. The largest absolute Gasteiger partial charge is 0.397 e. The molecule has 2 aromatic rings. The highest BCUT2D eigenvalue weighted by Crippen LogP contribution is 2.33. The SMILES string of the molecule is Nc1cc(Cl)c(Cl)cc1Nc1ccc(Cl)cc1F. The molecular formula is C12H8Cl3FN2. The Labute approximate surface area is 118 Å². The van der Waals surface area contributed by atoms with E-state index in [1.807, 2.05) is 0 Å². The van der Waals surface area contributed by atoms with E-state index in [9.17, 15) is 4.39 Å². The zero-order chi connectivity index (χ0) is 13.3. The Kier molecular flexibility index (Phi) is 3.85. The van der Waals surface area contributed by atoms with Crippen LogP contribution in [0.25, 0.3) is 0 Å². The highest BCUT2D eigenvalue weighted by molar-refractivity contribution is 6.42. The predicted octanol–water partition coefficient (Wildman–Crippen LogP) is 5.11. The Hall–Kier alpha value is -1.16. The second-order valence-corrected chi connectivity index (χ2v) is 4.85. The number of rotatable bonds is 2. The molecule has 0 fully saturated rings. The third kappa shape index (κ3) is 2.80. The number of hydrogen-bond acceptors (Lipinski definition) is 2. The van der Waals surface area contributed by atoms with Crippen LogP contribution in [-0.2, 0) is 0 Å². The van der Waals surface area contributed by atoms with Gasteiger partial charge in [0.15, 0.2) is 0 Å². The molecule has 2 aromatic carbocycles. The fraction of sp³-hybridized carbons (Fsp3) is 0. The van der Waals surface area contributed by atoms with Crippen molar-refractivity contribution in [2.24, 2.45) is 0 Å². The molecule has 0 radical (unpaired) electrons. The molecule has 0 amide bonds. The summed E-state index contributed by atoms with van der Waals surface area (Å²) in [5.74, 6) is -0.479. The normalized spacial score (nSPS) is 10.4. The van der Waals surface area contributed by atoms with E-state index in [2.05, 4.69) is 5.32 Å². The molecule has 3 N–H and O–H groups in total. The van der Waals surface area contributed by atoms with Gasteiger partial charge in [-0.25, -0.2) is 4.39 Å². The number of anilines is 3. The first-order valence-electron chi connectivity index (χ1n) is 4.94. The fourth-order valence-corrected chi connectivity index (χ4v) is 1.90. The lowest BCUT2D eigenvalue weighted by Crippen LogP contribution is -1.98. The second-order valence-electron chi connectivity index (χ2n) is 3.60. The van der Waals surface area contributed by atoms with Crippen molar-refractivity contribution in [3.05, 3.63) is 51.2 Å². The summed E-state index contributed by atoms with van der Waals surface area (Å²) in [5.41, 5.74) is 6.87. The van der Waals surface area contributed by atoms with Gasteiger partial charge in [0.05, 0.1) is 27.1 Å². The van der Waals surface area contributed by atoms with Crippen LogP contribution in [0.1, 0.15) is 0 Å². The summed E-state index contributed by atoms with van der Waals surface area (Å²) < 4.78 is 13.6. The van der Waals surface area contributed by atoms with E-state index in [1.165, 1.54) is 24.3 Å². The Morgan fingerprint density at radius 1 is 0.944 bits per heavy atom. The van der Waals surface area contributed by atoms with Crippen molar-refractivity contribution in [1.29, 1.82) is 0 Å². The van der Waals surface area contributed by atoms with Crippen LogP contribution in [-0.4, -0.2) is 0 Å². The van der Waals surface area contributed by atoms with Gasteiger partial charge in [-0.15, -0.1) is 0 Å². The van der Waals surface area contributed by atoms with E-state index in [4.69, 9.17) is 40.5 Å². The van der Waals surface area contributed by atoms with Crippen molar-refractivity contribution in [1.82, 2.24) is 0 Å². The molecule has 6 heteroatoms. The molecule has 2 nitrogen and oxygen atoms in total. The quantitative estimate of drug-likeness (QED) is 0.756. The van der Waals surface area contributed by atoms with Crippen LogP contribution in [0.2, 0.25) is 15.1 Å². The third-order valence-electron chi connectivity index (χ3n) is 2.29. The molecule has 18 heavy (non-hydrogen) atoms. The number of nitrogens with one attached hydrogen (secondary N) is 1. The molecule has 2 rings (SSSR count). The number of benzene rings is 2. The van der Waals surface area contributed by atoms with Crippen LogP contribution in [0.15, 0.2) is 30.3 Å². The Morgan fingerprint density at radius 3 is 2.28 bits per heavy atom. The maximum absolute atomic E-state index is 13.6. The molecule has 94 valence electrons. The molecule has 0 bridgehead atoms. The standard InChI is InChI=1S/C12H8Cl3FN2/c13-6-1-2-11(9(16)3-6)18-12-5-8(15)7(14)4-10(12)17/h1-5,18H,17H2. The molecule has 0 saturated carbocycles. The van der Waals surface area contributed by atoms with Crippen LogP contribution >= 0.6 is 34.8 Å². The zero-order valence-electron chi connectivity index (χ0n) is 8.98. The average molecular weight is 306 g/mol. The van der Waals surface area contributed by atoms with Crippen molar-refractivity contribution >= 4 is 51.9 Å². The molecule has 0 spiro atoms. The van der Waals surface area contributed by atoms with E-state index in [0.717, 1.165) is 0 Å². The van der Waals surface area contributed by atoms with Gasteiger partial charge < -0.3 is 11.1 Å². The number of halogens is 4. The molecule has 0 saturated heterocycles. The van der Waals surface area contributed by atoms with E-state index in [-0.39, 0.29) is 5.69 Å². The molecule has 0 aromatic heterocycles. The summed E-state index contributed by atoms with van der Waals surface area (Å²) in [5, 5.41) is 3.83. The lowest BCUT2D eigenvalue weighted by molar-refractivity contribution is 0.632. The first-order chi connectivity index (χ1) is 8.47. The lowest BCUT2D eigenvalue weighted by atomic mass is 10.2. The number of nitrogen functional groups attached to an aromatic ring is 1. The topological polar surface area (TPSA) is 38.0 Å². The van der Waals surface area contributed by atoms with Gasteiger partial charge in [0.1, 0.15) is 5.82 Å². The molecule has 0 aliphatic rings. The smallest absolute Gasteiger partial charge is 0.148 e. The summed E-state index contributed by atoms with van der Waals surface area (Å²) in [7, 11) is 0. The predicted molar refractivity (Wildman–Crippen MR) is 75.6 cm³/mol. The van der Waals surface area contributed by atoms with Crippen molar-refractivity contribution in [3.63, 3.8) is 0 Å². The van der Waals surface area contributed by atoms with Crippen molar-refractivity contribution in [3.8, 4) is 0 Å². The van der Waals surface area contributed by atoms with Crippen LogP contribution < -0.4 is 11.1 Å². The molecule has 0 atom stereocenters. The van der Waals surface area contributed by atoms with Crippen molar-refractivity contribution < 1.29 is 4.39 Å². The fourth-order valence-electron chi connectivity index (χ4n) is 1.41. The van der Waals surface area contributed by atoms with Gasteiger partial charge in [-0.2, -0.15) is 0 Å². The summed E-state index contributed by atoms with van der Waals surface area (Å²) in [6.45, 7) is 0. The summed E-state index contributed by atoms with van der Waals surface area (Å²) in [4.78, 5) is 0. The van der Waals surface area contributed by atoms with Crippen LogP contribution in [0, 0.1) is 5.82 Å². The van der Waals surface area contributed by atoms with Gasteiger partial charge in [-0.3, -0.25) is 0 Å². The van der Waals surface area contributed by atoms with E-state index in [0.29, 0.717) is 26.4 Å². The molecule has 0 unspecified atom stereocenters. The minimum Gasteiger partial charge on any atom is -0.397 e. The highest BCUT2D eigenvalue weighted by atomic mass is 35.5. The van der Waals surface area contributed by atoms with Crippen LogP contribution in [0.4, 0.5) is 21.5 Å². The van der Waals surface area contributed by atoms with Crippen LogP contribution in [0.5, 0.6) is 0 Å². The molecule has 0 aliphatic carbocycles. The third-order valence-corrected chi connectivity index (χ3v) is 3.25. The molecule has 0 aliphatic heterocycles. The van der Waals surface area contributed by atoms with Gasteiger partial charge in [0.25, 0.3) is 0 Å². The first kappa shape index (κ1) is 13.3. The van der Waals surface area contributed by atoms with E-state index >= 15 is 0 Å². The zero-order valence-corrected chi connectivity index (χ0v) is 11.2.